The number of aromatic nitrogens is 4. The van der Waals surface area contributed by atoms with Crippen molar-refractivity contribution in [3.63, 3.8) is 0 Å². The van der Waals surface area contributed by atoms with Crippen LogP contribution in [0, 0.1) is 23.0 Å². The van der Waals surface area contributed by atoms with Crippen molar-refractivity contribution in [3.8, 4) is 22.9 Å². The molecule has 9 nitrogen and oxygen atoms in total. The second-order valence-electron chi connectivity index (χ2n) is 14.6. The number of nitrogens with zero attached hydrogens (tertiary/aromatic N) is 3. The number of carboxylic acids is 1. The average molecular weight is 705 g/mol. The number of H-pyrrole nitrogens is 1. The van der Waals surface area contributed by atoms with Crippen LogP contribution in [0.5, 0.6) is 11.5 Å². The standard InChI is InChI=1S/C38H42F2N4O5S/c1-23(35(45)46)18-24-8-6-9-25(19-24)38(4)15-7-14-37(2,3)22-50(47,48)17-13-28-27-12-16-41-32(27)21-31(40)33(28)49-26-10-11-30(39)29(20-26)34-42-36(38)43-44(34)5/h6,8-12,16,19-21,23,41H,7,13-15,17-18,22H2,1-5H3,(H,45,46)/t23-,38-/m1/s1. The second-order valence-corrected chi connectivity index (χ2v) is 16.8. The summed E-state index contributed by atoms with van der Waals surface area (Å²) < 4.78 is 66.1. The number of hydrogen-bond acceptors (Lipinski definition) is 6. The molecule has 0 aliphatic carbocycles. The van der Waals surface area contributed by atoms with Gasteiger partial charge in [-0.05, 0) is 73.4 Å². The molecule has 2 atom stereocenters. The van der Waals surface area contributed by atoms with E-state index < -0.39 is 44.2 Å². The zero-order valence-electron chi connectivity index (χ0n) is 28.9. The van der Waals surface area contributed by atoms with E-state index >= 15 is 8.78 Å². The Labute approximate surface area is 290 Å². The van der Waals surface area contributed by atoms with Crippen molar-refractivity contribution >= 4 is 26.7 Å². The van der Waals surface area contributed by atoms with E-state index in [0.29, 0.717) is 48.0 Å². The van der Waals surface area contributed by atoms with Gasteiger partial charge in [-0.25, -0.2) is 26.9 Å². The Morgan fingerprint density at radius 1 is 1.08 bits per heavy atom. The minimum absolute atomic E-state index is 0.0233. The molecule has 2 N–H and O–H groups in total. The van der Waals surface area contributed by atoms with Crippen molar-refractivity contribution < 1.29 is 31.8 Å². The first kappa shape index (κ1) is 35.3. The van der Waals surface area contributed by atoms with Crippen molar-refractivity contribution in [1.82, 2.24) is 19.7 Å². The minimum Gasteiger partial charge on any atom is -0.481 e. The van der Waals surface area contributed by atoms with Crippen LogP contribution in [0.2, 0.25) is 0 Å². The zero-order chi connectivity index (χ0) is 36.0. The Morgan fingerprint density at radius 2 is 1.86 bits per heavy atom. The smallest absolute Gasteiger partial charge is 0.306 e. The molecule has 12 heteroatoms. The molecule has 1 aliphatic heterocycles. The molecule has 0 saturated carbocycles. The Hall–Kier alpha value is -4.58. The summed E-state index contributed by atoms with van der Waals surface area (Å²) in [7, 11) is -1.92. The third-order valence-electron chi connectivity index (χ3n) is 9.85. The van der Waals surface area contributed by atoms with E-state index in [0.717, 1.165) is 11.1 Å². The summed E-state index contributed by atoms with van der Waals surface area (Å²) in [5.74, 6) is -2.28. The number of ether oxygens (including phenoxy) is 1. The van der Waals surface area contributed by atoms with E-state index in [4.69, 9.17) is 14.8 Å². The van der Waals surface area contributed by atoms with E-state index in [9.17, 15) is 18.3 Å². The van der Waals surface area contributed by atoms with Crippen molar-refractivity contribution in [1.29, 1.82) is 0 Å². The highest BCUT2D eigenvalue weighted by atomic mass is 32.2. The number of benzene rings is 3. The summed E-state index contributed by atoms with van der Waals surface area (Å²) in [5, 5.41) is 15.0. The van der Waals surface area contributed by atoms with E-state index in [2.05, 4.69) is 4.98 Å². The fourth-order valence-corrected chi connectivity index (χ4v) is 9.07. The van der Waals surface area contributed by atoms with Gasteiger partial charge in [-0.15, -0.1) is 0 Å². The van der Waals surface area contributed by atoms with Gasteiger partial charge >= 0.3 is 5.97 Å². The van der Waals surface area contributed by atoms with Gasteiger partial charge in [0.25, 0.3) is 0 Å². The van der Waals surface area contributed by atoms with Crippen LogP contribution >= 0.6 is 0 Å². The predicted molar refractivity (Wildman–Crippen MR) is 188 cm³/mol. The lowest BCUT2D eigenvalue weighted by Crippen LogP contribution is -2.29. The molecule has 0 spiro atoms. The first-order chi connectivity index (χ1) is 23.5. The van der Waals surface area contributed by atoms with Crippen LogP contribution in [0.1, 0.15) is 69.5 Å². The second kappa shape index (κ2) is 13.3. The maximum absolute atomic E-state index is 15.7. The van der Waals surface area contributed by atoms with Crippen molar-refractivity contribution in [3.05, 3.63) is 94.9 Å². The number of nitrogens with one attached hydrogen (secondary N) is 1. The molecule has 0 amide bonds. The maximum Gasteiger partial charge on any atom is 0.306 e. The lowest BCUT2D eigenvalue weighted by atomic mass is 9.75. The number of sulfone groups is 1. The largest absolute Gasteiger partial charge is 0.481 e. The number of halogens is 2. The summed E-state index contributed by atoms with van der Waals surface area (Å²) in [4.78, 5) is 19.5. The number of aliphatic carboxylic acids is 1. The van der Waals surface area contributed by atoms with E-state index in [1.807, 2.05) is 45.0 Å². The molecule has 0 radical (unpaired) electrons. The third kappa shape index (κ3) is 7.17. The van der Waals surface area contributed by atoms with Crippen LogP contribution < -0.4 is 4.74 Å². The van der Waals surface area contributed by atoms with Gasteiger partial charge in [0, 0.05) is 35.8 Å². The molecule has 264 valence electrons. The Balaban J connectivity index is 1.50. The molecule has 6 rings (SSSR count). The molecule has 1 aliphatic rings. The van der Waals surface area contributed by atoms with Gasteiger partial charge in [0.1, 0.15) is 11.6 Å². The number of aromatic amines is 1. The molecular weight excluding hydrogens is 663 g/mol. The van der Waals surface area contributed by atoms with Gasteiger partial charge in [-0.3, -0.25) is 4.79 Å². The third-order valence-corrected chi connectivity index (χ3v) is 11.9. The average Bonchev–Trinajstić information content (AvgIpc) is 3.67. The van der Waals surface area contributed by atoms with Crippen molar-refractivity contribution in [2.45, 2.75) is 65.2 Å². The Morgan fingerprint density at radius 3 is 2.62 bits per heavy atom. The van der Waals surface area contributed by atoms with Crippen LogP contribution in [-0.2, 0) is 39.9 Å². The first-order valence-electron chi connectivity index (χ1n) is 16.8. The quantitative estimate of drug-likeness (QED) is 0.196. The van der Waals surface area contributed by atoms with Gasteiger partial charge < -0.3 is 14.8 Å². The Bertz CT molecular complexity index is 2190. The van der Waals surface area contributed by atoms with Gasteiger partial charge in [0.05, 0.1) is 28.4 Å². The van der Waals surface area contributed by atoms with Crippen LogP contribution in [-0.4, -0.2) is 50.7 Å². The molecule has 3 aromatic carbocycles. The lowest BCUT2D eigenvalue weighted by molar-refractivity contribution is -0.141. The van der Waals surface area contributed by atoms with E-state index in [1.54, 1.807) is 26.2 Å². The van der Waals surface area contributed by atoms with Gasteiger partial charge in [-0.2, -0.15) is 5.10 Å². The zero-order valence-corrected chi connectivity index (χ0v) is 29.7. The van der Waals surface area contributed by atoms with Crippen LogP contribution in [0.25, 0.3) is 22.3 Å². The minimum atomic E-state index is -3.59. The molecule has 0 fully saturated rings. The predicted octanol–water partition coefficient (Wildman–Crippen LogP) is 7.77. The fourth-order valence-electron chi connectivity index (χ4n) is 7.08. The van der Waals surface area contributed by atoms with Crippen LogP contribution in [0.4, 0.5) is 8.78 Å². The highest BCUT2D eigenvalue weighted by Gasteiger charge is 2.36. The molecule has 0 unspecified atom stereocenters. The molecule has 4 bridgehead atoms. The number of carboxylic acid groups (broad SMARTS) is 1. The summed E-state index contributed by atoms with van der Waals surface area (Å²) >= 11 is 0. The molecule has 50 heavy (non-hydrogen) atoms. The number of hydrogen-bond donors (Lipinski definition) is 2. The Kier molecular flexibility index (Phi) is 9.36. The van der Waals surface area contributed by atoms with E-state index in [1.165, 1.54) is 28.9 Å². The number of fused-ring (bicyclic) bond motifs is 8. The summed E-state index contributed by atoms with van der Waals surface area (Å²) in [6.45, 7) is 7.53. The SMILES string of the molecule is C[C@H](Cc1cccc([C@@]2(C)CCCC(C)(C)CS(=O)(=O)CCc3c(c(F)cc4[nH]ccc34)Oc3ccc(F)c(c3)-c3nc2nn3C)c1)C(=O)O. The summed E-state index contributed by atoms with van der Waals surface area (Å²) in [6.07, 6.45) is 3.76. The first-order valence-corrected chi connectivity index (χ1v) is 18.6. The summed E-state index contributed by atoms with van der Waals surface area (Å²) in [5.41, 5.74) is 1.36. The van der Waals surface area contributed by atoms with Gasteiger partial charge in [0.15, 0.2) is 33.1 Å². The van der Waals surface area contributed by atoms with Gasteiger partial charge in [0.2, 0.25) is 0 Å². The number of rotatable bonds is 4. The van der Waals surface area contributed by atoms with Crippen molar-refractivity contribution in [2.75, 3.05) is 11.5 Å². The summed E-state index contributed by atoms with van der Waals surface area (Å²) in [6, 6.07) is 14.8. The van der Waals surface area contributed by atoms with Crippen LogP contribution in [0.3, 0.4) is 0 Å². The molecule has 3 heterocycles. The highest BCUT2D eigenvalue weighted by molar-refractivity contribution is 7.91. The molecule has 5 aromatic rings. The molecular formula is C38H42F2N4O5S. The molecule has 2 aromatic heterocycles. The van der Waals surface area contributed by atoms with Gasteiger partial charge in [-0.1, -0.05) is 51.5 Å². The lowest BCUT2D eigenvalue weighted by Gasteiger charge is -2.31. The fraction of sp³-hybridized carbons (Fsp3) is 0.395. The number of aryl methyl sites for hydroxylation is 2. The topological polar surface area (TPSA) is 127 Å². The van der Waals surface area contributed by atoms with Crippen LogP contribution in [0.15, 0.2) is 60.8 Å². The van der Waals surface area contributed by atoms with E-state index in [-0.39, 0.29) is 40.8 Å². The normalized spacial score (nSPS) is 19.9. The monoisotopic (exact) mass is 704 g/mol. The molecule has 0 saturated heterocycles. The maximum atomic E-state index is 15.7. The van der Waals surface area contributed by atoms with Crippen molar-refractivity contribution in [2.24, 2.45) is 18.4 Å². The highest BCUT2D eigenvalue weighted by Crippen LogP contribution is 2.41. The number of carbonyl (C=O) groups is 1.